The van der Waals surface area contributed by atoms with Gasteiger partial charge >= 0.3 is 0 Å². The molecule has 0 aliphatic carbocycles. The van der Waals surface area contributed by atoms with Crippen LogP contribution in [-0.2, 0) is 6.42 Å². The molecule has 19 heavy (non-hydrogen) atoms. The van der Waals surface area contributed by atoms with E-state index in [1.54, 1.807) is 19.2 Å². The van der Waals surface area contributed by atoms with Crippen LogP contribution in [-0.4, -0.2) is 7.11 Å². The van der Waals surface area contributed by atoms with E-state index in [-0.39, 0.29) is 10.6 Å². The second-order valence-electron chi connectivity index (χ2n) is 4.19. The third-order valence-electron chi connectivity index (χ3n) is 2.87. The fourth-order valence-electron chi connectivity index (χ4n) is 1.82. The quantitative estimate of drug-likeness (QED) is 0.696. The maximum atomic E-state index is 12.8. The molecule has 0 amide bonds. The topological polar surface area (TPSA) is 9.23 Å². The largest absolute Gasteiger partial charge is 0.495 e. The first kappa shape index (κ1) is 14.4. The number of hydrogen-bond donors (Lipinski definition) is 0. The number of alkyl halides is 1. The van der Waals surface area contributed by atoms with Crippen LogP contribution in [0.2, 0.25) is 5.02 Å². The van der Waals surface area contributed by atoms with Crippen molar-refractivity contribution in [2.24, 2.45) is 0 Å². The van der Waals surface area contributed by atoms with E-state index in [2.05, 4.69) is 15.9 Å². The fraction of sp³-hybridized carbons (Fsp3) is 0.200. The van der Waals surface area contributed by atoms with Gasteiger partial charge < -0.3 is 4.74 Å². The minimum absolute atomic E-state index is 0.126. The summed E-state index contributed by atoms with van der Waals surface area (Å²) < 4.78 is 18.0. The molecule has 0 saturated carbocycles. The van der Waals surface area contributed by atoms with Gasteiger partial charge in [-0.3, -0.25) is 0 Å². The molecule has 4 heteroatoms. The van der Waals surface area contributed by atoms with Gasteiger partial charge in [-0.1, -0.05) is 45.7 Å². The molecular formula is C15H13BrClFO. The van der Waals surface area contributed by atoms with Gasteiger partial charge in [-0.15, -0.1) is 0 Å². The molecule has 0 radical (unpaired) electrons. The first-order chi connectivity index (χ1) is 9.10. The highest BCUT2D eigenvalue weighted by Crippen LogP contribution is 2.32. The van der Waals surface area contributed by atoms with Gasteiger partial charge in [-0.2, -0.15) is 0 Å². The van der Waals surface area contributed by atoms with Crippen LogP contribution in [0, 0.1) is 5.82 Å². The Morgan fingerprint density at radius 1 is 1.21 bits per heavy atom. The van der Waals surface area contributed by atoms with Crippen LogP contribution in [0.1, 0.15) is 16.0 Å². The summed E-state index contributed by atoms with van der Waals surface area (Å²) in [5, 5.41) is 0.587. The van der Waals surface area contributed by atoms with Crippen LogP contribution in [0.3, 0.4) is 0 Å². The molecular weight excluding hydrogens is 331 g/mol. The summed E-state index contributed by atoms with van der Waals surface area (Å²) in [4.78, 5) is 0.126. The molecule has 2 aromatic rings. The van der Waals surface area contributed by atoms with Gasteiger partial charge in [0.25, 0.3) is 0 Å². The van der Waals surface area contributed by atoms with Gasteiger partial charge in [-0.25, -0.2) is 4.39 Å². The first-order valence-corrected chi connectivity index (χ1v) is 7.11. The zero-order valence-electron chi connectivity index (χ0n) is 10.4. The van der Waals surface area contributed by atoms with Crippen molar-refractivity contribution in [1.29, 1.82) is 0 Å². The van der Waals surface area contributed by atoms with Crippen molar-refractivity contribution in [2.75, 3.05) is 7.11 Å². The molecule has 0 heterocycles. The lowest BCUT2D eigenvalue weighted by atomic mass is 10.0. The highest BCUT2D eigenvalue weighted by Gasteiger charge is 2.11. The summed E-state index contributed by atoms with van der Waals surface area (Å²) >= 11 is 9.73. The summed E-state index contributed by atoms with van der Waals surface area (Å²) in [5.41, 5.74) is 2.13. The highest BCUT2D eigenvalue weighted by atomic mass is 79.9. The number of methoxy groups -OCH3 is 1. The minimum Gasteiger partial charge on any atom is -0.495 e. The van der Waals surface area contributed by atoms with E-state index in [4.69, 9.17) is 16.3 Å². The van der Waals surface area contributed by atoms with Gasteiger partial charge in [0.2, 0.25) is 0 Å². The van der Waals surface area contributed by atoms with Crippen LogP contribution in [0.25, 0.3) is 0 Å². The monoisotopic (exact) mass is 342 g/mol. The Labute approximate surface area is 125 Å². The second-order valence-corrected chi connectivity index (χ2v) is 5.70. The summed E-state index contributed by atoms with van der Waals surface area (Å²) in [7, 11) is 1.59. The number of rotatable bonds is 4. The molecule has 1 atom stereocenters. The van der Waals surface area contributed by atoms with E-state index in [1.165, 1.54) is 12.1 Å². The van der Waals surface area contributed by atoms with Crippen molar-refractivity contribution >= 4 is 27.5 Å². The number of hydrogen-bond acceptors (Lipinski definition) is 1. The maximum absolute atomic E-state index is 12.8. The third-order valence-corrected chi connectivity index (χ3v) is 4.01. The van der Waals surface area contributed by atoms with Gasteiger partial charge in [-0.05, 0) is 41.8 Å². The predicted octanol–water partition coefficient (Wildman–Crippen LogP) is 5.17. The maximum Gasteiger partial charge on any atom is 0.137 e. The Morgan fingerprint density at radius 2 is 1.89 bits per heavy atom. The molecule has 0 spiro atoms. The number of benzene rings is 2. The van der Waals surface area contributed by atoms with Crippen LogP contribution < -0.4 is 4.74 Å². The van der Waals surface area contributed by atoms with Crippen molar-refractivity contribution in [3.8, 4) is 5.75 Å². The molecule has 0 aromatic heterocycles. The molecule has 0 aliphatic rings. The first-order valence-electron chi connectivity index (χ1n) is 5.82. The zero-order valence-corrected chi connectivity index (χ0v) is 12.7. The molecule has 2 aromatic carbocycles. The molecule has 0 bridgehead atoms. The van der Waals surface area contributed by atoms with E-state index < -0.39 is 0 Å². The highest BCUT2D eigenvalue weighted by molar-refractivity contribution is 9.09. The molecule has 100 valence electrons. The Hall–Kier alpha value is -1.06. The predicted molar refractivity (Wildman–Crippen MR) is 79.8 cm³/mol. The molecule has 0 saturated heterocycles. The van der Waals surface area contributed by atoms with Crippen molar-refractivity contribution in [2.45, 2.75) is 11.2 Å². The molecule has 2 rings (SSSR count). The van der Waals surface area contributed by atoms with Crippen molar-refractivity contribution in [3.63, 3.8) is 0 Å². The molecule has 1 nitrogen and oxygen atoms in total. The fourth-order valence-corrected chi connectivity index (χ4v) is 2.75. The lowest BCUT2D eigenvalue weighted by Gasteiger charge is -2.12. The Balaban J connectivity index is 2.13. The zero-order chi connectivity index (χ0) is 13.8. The number of ether oxygens (including phenoxy) is 1. The van der Waals surface area contributed by atoms with Crippen LogP contribution in [0.5, 0.6) is 5.75 Å². The SMILES string of the molecule is COc1ccc(C(Br)Cc2ccc(F)cc2)cc1Cl. The smallest absolute Gasteiger partial charge is 0.137 e. The van der Waals surface area contributed by atoms with Gasteiger partial charge in [0.1, 0.15) is 11.6 Å². The number of halogens is 3. The summed E-state index contributed by atoms with van der Waals surface area (Å²) in [5.74, 6) is 0.439. The lowest BCUT2D eigenvalue weighted by Crippen LogP contribution is -1.96. The van der Waals surface area contributed by atoms with E-state index in [9.17, 15) is 4.39 Å². The molecule has 1 unspecified atom stereocenters. The van der Waals surface area contributed by atoms with Gasteiger partial charge in [0.15, 0.2) is 0 Å². The van der Waals surface area contributed by atoms with Crippen LogP contribution >= 0.6 is 27.5 Å². The van der Waals surface area contributed by atoms with Gasteiger partial charge in [0.05, 0.1) is 12.1 Å². The standard InChI is InChI=1S/C15H13BrClFO/c1-19-15-7-4-11(9-14(15)17)13(16)8-10-2-5-12(18)6-3-10/h2-7,9,13H,8H2,1H3. The summed E-state index contributed by atoms with van der Waals surface area (Å²) in [6.45, 7) is 0. The van der Waals surface area contributed by atoms with Crippen molar-refractivity contribution in [1.82, 2.24) is 0 Å². The molecule has 0 fully saturated rings. The van der Waals surface area contributed by atoms with E-state index in [0.29, 0.717) is 10.8 Å². The van der Waals surface area contributed by atoms with E-state index in [1.807, 2.05) is 18.2 Å². The van der Waals surface area contributed by atoms with Crippen LogP contribution in [0.15, 0.2) is 42.5 Å². The average Bonchev–Trinajstić information content (AvgIpc) is 2.41. The minimum atomic E-state index is -0.220. The second kappa shape index (κ2) is 6.40. The molecule has 0 aliphatic heterocycles. The van der Waals surface area contributed by atoms with E-state index >= 15 is 0 Å². The van der Waals surface area contributed by atoms with Crippen molar-refractivity contribution < 1.29 is 9.13 Å². The van der Waals surface area contributed by atoms with Crippen molar-refractivity contribution in [3.05, 3.63) is 64.4 Å². The average molecular weight is 344 g/mol. The summed E-state index contributed by atoms with van der Waals surface area (Å²) in [6, 6.07) is 12.2. The lowest BCUT2D eigenvalue weighted by molar-refractivity contribution is 0.415. The Kier molecular flexibility index (Phi) is 4.83. The van der Waals surface area contributed by atoms with Gasteiger partial charge in [0, 0.05) is 4.83 Å². The normalized spacial score (nSPS) is 12.2. The Bertz CT molecular complexity index is 557. The molecule has 0 N–H and O–H groups in total. The third kappa shape index (κ3) is 3.71. The van der Waals surface area contributed by atoms with E-state index in [0.717, 1.165) is 17.5 Å². The van der Waals surface area contributed by atoms with Crippen LogP contribution in [0.4, 0.5) is 4.39 Å². The summed E-state index contributed by atoms with van der Waals surface area (Å²) in [6.07, 6.45) is 0.767. The Morgan fingerprint density at radius 3 is 2.47 bits per heavy atom.